The quantitative estimate of drug-likeness (QED) is 0.347. The van der Waals surface area contributed by atoms with Crippen molar-refractivity contribution in [2.75, 3.05) is 6.61 Å². The largest absolute Gasteiger partial charge is 0.458 e. The van der Waals surface area contributed by atoms with Crippen molar-refractivity contribution in [2.24, 2.45) is 22.9 Å². The summed E-state index contributed by atoms with van der Waals surface area (Å²) < 4.78 is 12.6. The van der Waals surface area contributed by atoms with Crippen LogP contribution in [0.25, 0.3) is 10.4 Å². The molecule has 0 unspecified atom stereocenters. The van der Waals surface area contributed by atoms with Crippen molar-refractivity contribution in [1.29, 1.82) is 0 Å². The zero-order chi connectivity index (χ0) is 20.4. The van der Waals surface area contributed by atoms with Crippen LogP contribution in [0.5, 0.6) is 0 Å². The summed E-state index contributed by atoms with van der Waals surface area (Å²) in [6.07, 6.45) is -0.480. The maximum Gasteiger partial charge on any atom is 0.349 e. The average Bonchev–Trinajstić information content (AvgIpc) is 2.87. The zero-order valence-electron chi connectivity index (χ0n) is 16.1. The molecule has 0 saturated carbocycles. The monoisotopic (exact) mass is 379 g/mol. The van der Waals surface area contributed by atoms with E-state index in [0.29, 0.717) is 5.69 Å². The standard InChI is InChI=1S/C17H25N5O5/c1-9(2)11(4)15(24)26-13-12(5)14(27-17(13,8-23)20-21-18)22-7-6-10(3)19-16(22)25/h6-7,9,11-14,23H,8H2,1-5H3/t11-,12-,13-,14+,17+/m0/s1. The second-order valence-electron chi connectivity index (χ2n) is 7.21. The Morgan fingerprint density at radius 1 is 1.56 bits per heavy atom. The fraction of sp³-hybridized carbons (Fsp3) is 0.706. The number of carbonyl (C=O) groups excluding carboxylic acids is 1. The number of aliphatic hydroxyl groups is 1. The van der Waals surface area contributed by atoms with Gasteiger partial charge in [-0.1, -0.05) is 32.8 Å². The molecule has 10 nitrogen and oxygen atoms in total. The number of esters is 1. The molecule has 10 heteroatoms. The summed E-state index contributed by atoms with van der Waals surface area (Å²) in [4.78, 5) is 31.3. The predicted octanol–water partition coefficient (Wildman–Crippen LogP) is 1.92. The second kappa shape index (κ2) is 8.08. The first kappa shape index (κ1) is 20.9. The third-order valence-corrected chi connectivity index (χ3v) is 5.00. The summed E-state index contributed by atoms with van der Waals surface area (Å²) in [6.45, 7) is 8.16. The molecule has 27 heavy (non-hydrogen) atoms. The van der Waals surface area contributed by atoms with Gasteiger partial charge < -0.3 is 14.6 Å². The normalized spacial score (nSPS) is 28.6. The number of azide groups is 1. The Morgan fingerprint density at radius 2 is 2.22 bits per heavy atom. The van der Waals surface area contributed by atoms with Crippen LogP contribution in [0.2, 0.25) is 0 Å². The van der Waals surface area contributed by atoms with Gasteiger partial charge >= 0.3 is 11.7 Å². The minimum Gasteiger partial charge on any atom is -0.458 e. The van der Waals surface area contributed by atoms with Crippen LogP contribution in [-0.4, -0.2) is 39.1 Å². The Bertz CT molecular complexity index is 803. The Hall–Kier alpha value is -2.42. The number of nitrogens with zero attached hydrogens (tertiary/aromatic N) is 5. The Balaban J connectivity index is 2.44. The van der Waals surface area contributed by atoms with Crippen LogP contribution in [0.15, 0.2) is 22.2 Å². The van der Waals surface area contributed by atoms with Crippen LogP contribution < -0.4 is 5.69 Å². The summed E-state index contributed by atoms with van der Waals surface area (Å²) in [6, 6.07) is 1.63. The summed E-state index contributed by atoms with van der Waals surface area (Å²) in [5.74, 6) is -1.43. The highest BCUT2D eigenvalue weighted by Crippen LogP contribution is 2.44. The van der Waals surface area contributed by atoms with Crippen molar-refractivity contribution < 1.29 is 19.4 Å². The molecule has 2 rings (SSSR count). The molecular formula is C17H25N5O5. The lowest BCUT2D eigenvalue weighted by Crippen LogP contribution is -2.46. The van der Waals surface area contributed by atoms with Crippen molar-refractivity contribution in [3.8, 4) is 0 Å². The molecule has 0 bridgehead atoms. The van der Waals surface area contributed by atoms with Gasteiger partial charge in [0.15, 0.2) is 0 Å². The first-order valence-electron chi connectivity index (χ1n) is 8.78. The van der Waals surface area contributed by atoms with Crippen LogP contribution in [0.3, 0.4) is 0 Å². The molecule has 1 N–H and O–H groups in total. The zero-order valence-corrected chi connectivity index (χ0v) is 16.1. The van der Waals surface area contributed by atoms with Gasteiger partial charge in [-0.15, -0.1) is 0 Å². The van der Waals surface area contributed by atoms with Gasteiger partial charge in [0.05, 0.1) is 12.5 Å². The number of hydrogen-bond donors (Lipinski definition) is 1. The highest BCUT2D eigenvalue weighted by Gasteiger charge is 2.56. The lowest BCUT2D eigenvalue weighted by molar-refractivity contribution is -0.172. The van der Waals surface area contributed by atoms with Gasteiger partial charge in [0, 0.05) is 22.7 Å². The molecule has 1 aromatic heterocycles. The van der Waals surface area contributed by atoms with Gasteiger partial charge in [-0.05, 0) is 24.4 Å². The molecule has 5 atom stereocenters. The molecule has 0 radical (unpaired) electrons. The Labute approximate surface area is 156 Å². The molecule has 1 aliphatic rings. The van der Waals surface area contributed by atoms with Crippen molar-refractivity contribution in [2.45, 2.75) is 52.7 Å². The van der Waals surface area contributed by atoms with Crippen LogP contribution in [0, 0.1) is 24.7 Å². The molecule has 0 amide bonds. The van der Waals surface area contributed by atoms with Gasteiger partial charge in [-0.2, -0.15) is 4.98 Å². The summed E-state index contributed by atoms with van der Waals surface area (Å²) in [5, 5.41) is 13.5. The number of aryl methyl sites for hydroxylation is 1. The topological polar surface area (TPSA) is 139 Å². The molecule has 1 saturated heterocycles. The van der Waals surface area contributed by atoms with Crippen LogP contribution in [0.1, 0.15) is 39.6 Å². The predicted molar refractivity (Wildman–Crippen MR) is 95.4 cm³/mol. The average molecular weight is 379 g/mol. The van der Waals surface area contributed by atoms with E-state index in [-0.39, 0.29) is 5.92 Å². The molecule has 148 valence electrons. The lowest BCUT2D eigenvalue weighted by Gasteiger charge is -2.29. The molecule has 0 aromatic carbocycles. The minimum atomic E-state index is -1.82. The number of rotatable bonds is 6. The summed E-state index contributed by atoms with van der Waals surface area (Å²) >= 11 is 0. The SMILES string of the molecule is Cc1ccn([C@@H]2O[C@@](CO)(N=[N+]=[N-])[C@@H](OC(=O)[C@@H](C)C(C)C)[C@@H]2C)c(=O)n1. The van der Waals surface area contributed by atoms with Gasteiger partial charge in [0.1, 0.15) is 12.3 Å². The van der Waals surface area contributed by atoms with Gasteiger partial charge in [-0.3, -0.25) is 9.36 Å². The van der Waals surface area contributed by atoms with Crippen LogP contribution in [-0.2, 0) is 14.3 Å². The van der Waals surface area contributed by atoms with E-state index in [1.54, 1.807) is 26.8 Å². The number of ether oxygens (including phenoxy) is 2. The van der Waals surface area contributed by atoms with Gasteiger partial charge in [0.25, 0.3) is 0 Å². The molecule has 0 spiro atoms. The fourth-order valence-corrected chi connectivity index (χ4v) is 2.96. The molecule has 2 heterocycles. The number of hydrogen-bond acceptors (Lipinski definition) is 7. The molecule has 1 aliphatic heterocycles. The molecule has 0 aliphatic carbocycles. The minimum absolute atomic E-state index is 0.0397. The van der Waals surface area contributed by atoms with Crippen molar-refractivity contribution >= 4 is 5.97 Å². The van der Waals surface area contributed by atoms with Crippen molar-refractivity contribution in [1.82, 2.24) is 9.55 Å². The highest BCUT2D eigenvalue weighted by molar-refractivity contribution is 5.72. The second-order valence-corrected chi connectivity index (χ2v) is 7.21. The van der Waals surface area contributed by atoms with E-state index in [2.05, 4.69) is 15.0 Å². The highest BCUT2D eigenvalue weighted by atomic mass is 16.6. The number of aromatic nitrogens is 2. The van der Waals surface area contributed by atoms with E-state index in [0.717, 1.165) is 0 Å². The van der Waals surface area contributed by atoms with E-state index >= 15 is 0 Å². The van der Waals surface area contributed by atoms with E-state index < -0.39 is 48.2 Å². The number of carbonyl (C=O) groups is 1. The van der Waals surface area contributed by atoms with E-state index in [4.69, 9.17) is 15.0 Å². The molecule has 1 aromatic rings. The maximum atomic E-state index is 12.5. The maximum absolute atomic E-state index is 12.5. The van der Waals surface area contributed by atoms with E-state index in [9.17, 15) is 14.7 Å². The van der Waals surface area contributed by atoms with Crippen LogP contribution >= 0.6 is 0 Å². The van der Waals surface area contributed by atoms with Gasteiger partial charge in [0.2, 0.25) is 5.72 Å². The Morgan fingerprint density at radius 3 is 2.74 bits per heavy atom. The fourth-order valence-electron chi connectivity index (χ4n) is 2.96. The summed E-state index contributed by atoms with van der Waals surface area (Å²) in [7, 11) is 0. The van der Waals surface area contributed by atoms with E-state index in [1.165, 1.54) is 10.8 Å². The van der Waals surface area contributed by atoms with Crippen molar-refractivity contribution in [3.05, 3.63) is 38.9 Å². The van der Waals surface area contributed by atoms with E-state index in [1.807, 2.05) is 13.8 Å². The Kier molecular flexibility index (Phi) is 6.25. The third kappa shape index (κ3) is 3.97. The number of aliphatic hydroxyl groups excluding tert-OH is 1. The first-order valence-corrected chi connectivity index (χ1v) is 8.78. The lowest BCUT2D eigenvalue weighted by atomic mass is 9.95. The van der Waals surface area contributed by atoms with Crippen LogP contribution in [0.4, 0.5) is 0 Å². The van der Waals surface area contributed by atoms with Gasteiger partial charge in [-0.25, -0.2) is 4.79 Å². The summed E-state index contributed by atoms with van der Waals surface area (Å²) in [5.41, 5.74) is 7.12. The molecule has 1 fully saturated rings. The first-order chi connectivity index (χ1) is 12.7. The molecular weight excluding hydrogens is 354 g/mol. The van der Waals surface area contributed by atoms with Crippen molar-refractivity contribution in [3.63, 3.8) is 0 Å². The third-order valence-electron chi connectivity index (χ3n) is 5.00. The smallest absolute Gasteiger partial charge is 0.349 e.